The van der Waals surface area contributed by atoms with Crippen molar-refractivity contribution in [2.75, 3.05) is 33.2 Å². The molecule has 1 aromatic carbocycles. The van der Waals surface area contributed by atoms with Crippen molar-refractivity contribution in [3.05, 3.63) is 42.5 Å². The number of phenols is 1. The quantitative estimate of drug-likeness (QED) is 0.238. The van der Waals surface area contributed by atoms with Crippen LogP contribution in [-0.4, -0.2) is 59.5 Å². The van der Waals surface area contributed by atoms with E-state index in [1.807, 2.05) is 37.4 Å². The third-order valence-corrected chi connectivity index (χ3v) is 5.10. The average Bonchev–Trinajstić information content (AvgIpc) is 2.62. The number of amides is 1. The molecule has 0 aliphatic carbocycles. The van der Waals surface area contributed by atoms with E-state index in [9.17, 15) is 9.90 Å². The van der Waals surface area contributed by atoms with Gasteiger partial charge in [0.15, 0.2) is 0 Å². The molecule has 2 aromatic rings. The zero-order chi connectivity index (χ0) is 19.7. The van der Waals surface area contributed by atoms with Gasteiger partial charge in [-0.25, -0.2) is 4.98 Å². The molecule has 6 nitrogen and oxygen atoms in total. The van der Waals surface area contributed by atoms with E-state index in [-0.39, 0.29) is 10.6 Å². The monoisotopic (exact) mass is 388 g/mol. The van der Waals surface area contributed by atoms with Crippen molar-refractivity contribution >= 4 is 18.2 Å². The second kappa shape index (κ2) is 10.3. The van der Waals surface area contributed by atoms with Gasteiger partial charge in [-0.15, -0.1) is 0 Å². The smallest absolute Gasteiger partial charge is 0.207 e. The molecule has 0 radical (unpaired) electrons. The number of aromatic hydroxyl groups is 1. The molecule has 7 heteroatoms. The lowest BCUT2D eigenvalue weighted by molar-refractivity contribution is -0.109. The van der Waals surface area contributed by atoms with Gasteiger partial charge in [0.1, 0.15) is 5.75 Å². The van der Waals surface area contributed by atoms with Gasteiger partial charge in [-0.05, 0) is 57.3 Å². The number of hydrogen-bond donors (Lipinski definition) is 3. The predicted octanol–water partition coefficient (Wildman–Crippen LogP) is 2.55. The number of benzene rings is 1. The van der Waals surface area contributed by atoms with Gasteiger partial charge < -0.3 is 20.6 Å². The number of nitrogens with zero attached hydrogens (tertiary/aromatic N) is 2. The fourth-order valence-corrected chi connectivity index (χ4v) is 3.52. The number of nitrogens with one attached hydrogen (secondary N) is 2. The van der Waals surface area contributed by atoms with Gasteiger partial charge >= 0.3 is 0 Å². The summed E-state index contributed by atoms with van der Waals surface area (Å²) in [4.78, 5) is 17.0. The zero-order valence-electron chi connectivity index (χ0n) is 16.1. The van der Waals surface area contributed by atoms with E-state index in [2.05, 4.69) is 29.4 Å². The molecule has 0 saturated carbocycles. The second-order valence-corrected chi connectivity index (χ2v) is 8.47. The number of carbonyl (C=O) groups is 1. The van der Waals surface area contributed by atoms with E-state index < -0.39 is 0 Å². The summed E-state index contributed by atoms with van der Waals surface area (Å²) in [6, 6.07) is 13.1. The summed E-state index contributed by atoms with van der Waals surface area (Å²) in [5.41, 5.74) is 1.87. The molecule has 0 atom stereocenters. The van der Waals surface area contributed by atoms with Crippen LogP contribution in [0.3, 0.4) is 0 Å². The van der Waals surface area contributed by atoms with E-state index in [1.165, 1.54) is 0 Å². The topological polar surface area (TPSA) is 77.5 Å². The summed E-state index contributed by atoms with van der Waals surface area (Å²) in [6.45, 7) is 7.50. The Balaban J connectivity index is 1.88. The molecule has 3 N–H and O–H groups in total. The summed E-state index contributed by atoms with van der Waals surface area (Å²) >= 11 is 1.68. The largest absolute Gasteiger partial charge is 0.508 e. The van der Waals surface area contributed by atoms with Crippen LogP contribution in [0.25, 0.3) is 11.3 Å². The van der Waals surface area contributed by atoms with Crippen LogP contribution in [0.5, 0.6) is 5.75 Å². The Kier molecular flexibility index (Phi) is 8.09. The first kappa shape index (κ1) is 21.2. The van der Waals surface area contributed by atoms with E-state index in [4.69, 9.17) is 4.98 Å². The first-order chi connectivity index (χ1) is 12.9. The molecule has 1 amide bonds. The summed E-state index contributed by atoms with van der Waals surface area (Å²) in [6.07, 6.45) is 0.727. The summed E-state index contributed by atoms with van der Waals surface area (Å²) in [5, 5.41) is 16.6. The van der Waals surface area contributed by atoms with Crippen LogP contribution in [0.1, 0.15) is 13.8 Å². The summed E-state index contributed by atoms with van der Waals surface area (Å²) < 4.78 is 0. The minimum atomic E-state index is -0.164. The first-order valence-electron chi connectivity index (χ1n) is 8.96. The summed E-state index contributed by atoms with van der Waals surface area (Å²) in [7, 11) is 2.04. The highest BCUT2D eigenvalue weighted by atomic mass is 32.2. The first-order valence-corrected chi connectivity index (χ1v) is 9.77. The predicted molar refractivity (Wildman–Crippen MR) is 111 cm³/mol. The highest BCUT2D eigenvalue weighted by Gasteiger charge is 2.19. The number of thioether (sulfide) groups is 1. The van der Waals surface area contributed by atoms with Gasteiger partial charge in [0.05, 0.1) is 15.6 Å². The SMILES string of the molecule is CN(CCNC=O)CCNC(C)(C)Sc1cccc(-c2ccc(O)cc2)n1. The van der Waals surface area contributed by atoms with Crippen molar-refractivity contribution < 1.29 is 9.90 Å². The van der Waals surface area contributed by atoms with Crippen molar-refractivity contribution in [2.24, 2.45) is 0 Å². The van der Waals surface area contributed by atoms with Crippen LogP contribution in [-0.2, 0) is 4.79 Å². The van der Waals surface area contributed by atoms with Crippen molar-refractivity contribution in [3.63, 3.8) is 0 Å². The molecule has 2 rings (SSSR count). The number of aromatic nitrogens is 1. The number of rotatable bonds is 11. The van der Waals surface area contributed by atoms with Gasteiger partial charge in [0.25, 0.3) is 0 Å². The Morgan fingerprint density at radius 3 is 2.56 bits per heavy atom. The average molecular weight is 389 g/mol. The second-order valence-electron chi connectivity index (χ2n) is 6.82. The third-order valence-electron chi connectivity index (χ3n) is 4.01. The Hall–Kier alpha value is -2.09. The molecular weight excluding hydrogens is 360 g/mol. The minimum absolute atomic E-state index is 0.164. The van der Waals surface area contributed by atoms with Gasteiger partial charge in [0.2, 0.25) is 6.41 Å². The lowest BCUT2D eigenvalue weighted by Gasteiger charge is -2.27. The molecule has 0 spiro atoms. The maximum Gasteiger partial charge on any atom is 0.207 e. The minimum Gasteiger partial charge on any atom is -0.508 e. The van der Waals surface area contributed by atoms with Crippen molar-refractivity contribution in [1.82, 2.24) is 20.5 Å². The molecule has 0 aliphatic rings. The van der Waals surface area contributed by atoms with Gasteiger partial charge in [-0.3, -0.25) is 4.79 Å². The molecule has 0 bridgehead atoms. The Morgan fingerprint density at radius 2 is 1.85 bits per heavy atom. The van der Waals surface area contributed by atoms with E-state index in [1.54, 1.807) is 23.9 Å². The van der Waals surface area contributed by atoms with Gasteiger partial charge in [0, 0.05) is 31.7 Å². The highest BCUT2D eigenvalue weighted by molar-refractivity contribution is 8.00. The number of likely N-dealkylation sites (N-methyl/N-ethyl adjacent to an activating group) is 1. The number of phenolic OH excluding ortho intramolecular Hbond substituents is 1. The highest BCUT2D eigenvalue weighted by Crippen LogP contribution is 2.30. The van der Waals surface area contributed by atoms with Crippen LogP contribution >= 0.6 is 11.8 Å². The number of carbonyl (C=O) groups excluding carboxylic acids is 1. The normalized spacial score (nSPS) is 11.6. The lowest BCUT2D eigenvalue weighted by atomic mass is 10.1. The number of hydrogen-bond acceptors (Lipinski definition) is 6. The Bertz CT molecular complexity index is 722. The number of pyridine rings is 1. The van der Waals surface area contributed by atoms with Crippen LogP contribution in [0.4, 0.5) is 0 Å². The lowest BCUT2D eigenvalue weighted by Crippen LogP contribution is -2.41. The van der Waals surface area contributed by atoms with Crippen LogP contribution in [0, 0.1) is 0 Å². The van der Waals surface area contributed by atoms with E-state index in [0.29, 0.717) is 6.54 Å². The summed E-state index contributed by atoms with van der Waals surface area (Å²) in [5.74, 6) is 0.251. The molecular formula is C20H28N4O2S. The fourth-order valence-electron chi connectivity index (χ4n) is 2.54. The fraction of sp³-hybridized carbons (Fsp3) is 0.400. The molecule has 0 aliphatic heterocycles. The van der Waals surface area contributed by atoms with E-state index in [0.717, 1.165) is 42.3 Å². The molecule has 1 heterocycles. The molecule has 1 aromatic heterocycles. The molecule has 27 heavy (non-hydrogen) atoms. The van der Waals surface area contributed by atoms with Gasteiger partial charge in [-0.2, -0.15) is 0 Å². The maximum atomic E-state index is 10.3. The molecule has 0 unspecified atom stereocenters. The maximum absolute atomic E-state index is 10.3. The molecule has 146 valence electrons. The van der Waals surface area contributed by atoms with Crippen LogP contribution < -0.4 is 10.6 Å². The van der Waals surface area contributed by atoms with Crippen LogP contribution in [0.2, 0.25) is 0 Å². The van der Waals surface area contributed by atoms with E-state index >= 15 is 0 Å². The van der Waals surface area contributed by atoms with Crippen molar-refractivity contribution in [2.45, 2.75) is 23.7 Å². The van der Waals surface area contributed by atoms with Gasteiger partial charge in [-0.1, -0.05) is 17.8 Å². The molecule has 0 saturated heterocycles. The standard InChI is InChI=1S/C20H28N4O2S/c1-20(2,22-12-14-24(3)13-11-21-15-25)27-19-6-4-5-18(23-19)16-7-9-17(26)10-8-16/h4-10,15,22,26H,11-14H2,1-3H3,(H,21,25). The van der Waals surface area contributed by atoms with Crippen molar-refractivity contribution in [1.29, 1.82) is 0 Å². The van der Waals surface area contributed by atoms with Crippen LogP contribution in [0.15, 0.2) is 47.5 Å². The Labute approximate surface area is 165 Å². The van der Waals surface area contributed by atoms with Crippen molar-refractivity contribution in [3.8, 4) is 17.0 Å². The zero-order valence-corrected chi connectivity index (χ0v) is 16.9. The third kappa shape index (κ3) is 7.58. The Morgan fingerprint density at radius 1 is 1.15 bits per heavy atom. The molecule has 0 fully saturated rings.